The van der Waals surface area contributed by atoms with E-state index in [1.54, 1.807) is 43.0 Å². The molecule has 0 spiro atoms. The molecule has 2 rings (SSSR count). The number of carboxylic acid groups (broad SMARTS) is 1. The number of likely N-dealkylation sites (tertiary alicyclic amines) is 1. The summed E-state index contributed by atoms with van der Waals surface area (Å²) >= 11 is 0. The molecule has 1 aliphatic rings. The summed E-state index contributed by atoms with van der Waals surface area (Å²) < 4.78 is 23.5. The van der Waals surface area contributed by atoms with Crippen LogP contribution in [0.25, 0.3) is 0 Å². The van der Waals surface area contributed by atoms with Gasteiger partial charge in [-0.3, -0.25) is 9.59 Å². The highest BCUT2D eigenvalue weighted by Crippen LogP contribution is 2.30. The summed E-state index contributed by atoms with van der Waals surface area (Å²) in [6.45, 7) is 3.97. The largest absolute Gasteiger partial charge is 0.481 e. The maximum Gasteiger partial charge on any atom is 0.311 e. The molecule has 1 N–H and O–H groups in total. The molecule has 0 bridgehead atoms. The van der Waals surface area contributed by atoms with E-state index in [1.165, 1.54) is 0 Å². The van der Waals surface area contributed by atoms with Crippen molar-refractivity contribution in [3.63, 3.8) is 0 Å². The SMILES string of the molecule is CCS(=O)(=O)c1ccc(CCC(=O)N2CCC(C)(C(=O)O)C2)cc1. The first kappa shape index (κ1) is 18.4. The highest BCUT2D eigenvalue weighted by Gasteiger charge is 2.41. The molecule has 1 unspecified atom stereocenters. The molecule has 132 valence electrons. The second kappa shape index (κ2) is 6.93. The van der Waals surface area contributed by atoms with E-state index in [9.17, 15) is 23.1 Å². The van der Waals surface area contributed by atoms with Crippen molar-refractivity contribution in [1.82, 2.24) is 4.90 Å². The molecular formula is C17H23NO5S. The van der Waals surface area contributed by atoms with Gasteiger partial charge in [0.1, 0.15) is 0 Å². The molecule has 0 radical (unpaired) electrons. The summed E-state index contributed by atoms with van der Waals surface area (Å²) in [5, 5.41) is 9.20. The number of amides is 1. The third-order valence-electron chi connectivity index (χ3n) is 4.63. The van der Waals surface area contributed by atoms with E-state index < -0.39 is 21.2 Å². The first-order valence-corrected chi connectivity index (χ1v) is 9.66. The smallest absolute Gasteiger partial charge is 0.311 e. The lowest BCUT2D eigenvalue weighted by Gasteiger charge is -2.20. The second-order valence-corrected chi connectivity index (χ2v) is 8.76. The van der Waals surface area contributed by atoms with Crippen LogP contribution in [0.1, 0.15) is 32.3 Å². The molecule has 0 saturated carbocycles. The molecule has 0 aliphatic carbocycles. The summed E-state index contributed by atoms with van der Waals surface area (Å²) in [7, 11) is -3.21. The zero-order chi connectivity index (χ0) is 18.0. The van der Waals surface area contributed by atoms with Crippen LogP contribution in [-0.2, 0) is 25.8 Å². The summed E-state index contributed by atoms with van der Waals surface area (Å²) in [5.74, 6) is -0.877. The van der Waals surface area contributed by atoms with Gasteiger partial charge >= 0.3 is 5.97 Å². The van der Waals surface area contributed by atoms with Crippen molar-refractivity contribution in [2.45, 2.75) is 38.0 Å². The maximum absolute atomic E-state index is 12.2. The van der Waals surface area contributed by atoms with E-state index in [-0.39, 0.29) is 29.5 Å². The number of carbonyl (C=O) groups excluding carboxylic acids is 1. The number of carboxylic acids is 1. The Bertz CT molecular complexity index is 726. The Kier molecular flexibility index (Phi) is 5.32. The van der Waals surface area contributed by atoms with Crippen LogP contribution in [0, 0.1) is 5.41 Å². The lowest BCUT2D eigenvalue weighted by atomic mass is 9.90. The van der Waals surface area contributed by atoms with Crippen molar-refractivity contribution >= 4 is 21.7 Å². The van der Waals surface area contributed by atoms with Gasteiger partial charge in [0, 0.05) is 19.5 Å². The van der Waals surface area contributed by atoms with Crippen LogP contribution in [0.15, 0.2) is 29.2 Å². The van der Waals surface area contributed by atoms with E-state index in [0.717, 1.165) is 5.56 Å². The zero-order valence-corrected chi connectivity index (χ0v) is 14.8. The van der Waals surface area contributed by atoms with Gasteiger partial charge in [0.2, 0.25) is 5.91 Å². The molecule has 1 heterocycles. The molecule has 1 atom stereocenters. The predicted molar refractivity (Wildman–Crippen MR) is 89.4 cm³/mol. The van der Waals surface area contributed by atoms with Crippen molar-refractivity contribution in [1.29, 1.82) is 0 Å². The Labute approximate surface area is 142 Å². The first-order valence-electron chi connectivity index (χ1n) is 8.01. The third kappa shape index (κ3) is 3.95. The molecule has 1 fully saturated rings. The number of nitrogens with zero attached hydrogens (tertiary/aromatic N) is 1. The second-order valence-electron chi connectivity index (χ2n) is 6.48. The Hall–Kier alpha value is -1.89. The van der Waals surface area contributed by atoms with Crippen LogP contribution in [0.3, 0.4) is 0 Å². The molecule has 7 heteroatoms. The minimum atomic E-state index is -3.21. The van der Waals surface area contributed by atoms with Gasteiger partial charge in [-0.15, -0.1) is 0 Å². The summed E-state index contributed by atoms with van der Waals surface area (Å²) in [6, 6.07) is 6.58. The monoisotopic (exact) mass is 353 g/mol. The Morgan fingerprint density at radius 1 is 1.25 bits per heavy atom. The Balaban J connectivity index is 1.92. The van der Waals surface area contributed by atoms with E-state index in [4.69, 9.17) is 0 Å². The molecular weight excluding hydrogens is 330 g/mol. The van der Waals surface area contributed by atoms with Crippen LogP contribution >= 0.6 is 0 Å². The number of benzene rings is 1. The van der Waals surface area contributed by atoms with Crippen LogP contribution in [0.5, 0.6) is 0 Å². The van der Waals surface area contributed by atoms with E-state index in [2.05, 4.69) is 0 Å². The van der Waals surface area contributed by atoms with E-state index in [1.807, 2.05) is 0 Å². The van der Waals surface area contributed by atoms with Crippen molar-refractivity contribution in [3.8, 4) is 0 Å². The highest BCUT2D eigenvalue weighted by atomic mass is 32.2. The highest BCUT2D eigenvalue weighted by molar-refractivity contribution is 7.91. The number of aryl methyl sites for hydroxylation is 1. The predicted octanol–water partition coefficient (Wildman–Crippen LogP) is 1.74. The molecule has 1 aromatic carbocycles. The van der Waals surface area contributed by atoms with Gasteiger partial charge < -0.3 is 10.0 Å². The van der Waals surface area contributed by atoms with Crippen molar-refractivity contribution in [3.05, 3.63) is 29.8 Å². The van der Waals surface area contributed by atoms with Crippen LogP contribution in [0.4, 0.5) is 0 Å². The number of rotatable bonds is 6. The molecule has 1 amide bonds. The summed E-state index contributed by atoms with van der Waals surface area (Å²) in [5.41, 5.74) is 0.0323. The van der Waals surface area contributed by atoms with Gasteiger partial charge in [-0.25, -0.2) is 8.42 Å². The minimum absolute atomic E-state index is 0.0577. The molecule has 0 aromatic heterocycles. The molecule has 1 aromatic rings. The number of aliphatic carboxylic acids is 1. The number of sulfone groups is 1. The van der Waals surface area contributed by atoms with Crippen molar-refractivity contribution in [2.24, 2.45) is 5.41 Å². The summed E-state index contributed by atoms with van der Waals surface area (Å²) in [4.78, 5) is 25.4. The average Bonchev–Trinajstić information content (AvgIpc) is 2.97. The van der Waals surface area contributed by atoms with Gasteiger partial charge in [-0.1, -0.05) is 19.1 Å². The van der Waals surface area contributed by atoms with Gasteiger partial charge in [0.25, 0.3) is 0 Å². The molecule has 1 aliphatic heterocycles. The normalized spacial score (nSPS) is 21.0. The third-order valence-corrected chi connectivity index (χ3v) is 6.38. The number of hydrogen-bond donors (Lipinski definition) is 1. The van der Waals surface area contributed by atoms with Crippen molar-refractivity contribution in [2.75, 3.05) is 18.8 Å². The van der Waals surface area contributed by atoms with E-state index >= 15 is 0 Å². The fraction of sp³-hybridized carbons (Fsp3) is 0.529. The van der Waals surface area contributed by atoms with Gasteiger partial charge in [0.05, 0.1) is 16.1 Å². The Morgan fingerprint density at radius 2 is 1.88 bits per heavy atom. The Morgan fingerprint density at radius 3 is 2.38 bits per heavy atom. The van der Waals surface area contributed by atoms with Crippen LogP contribution < -0.4 is 0 Å². The number of hydrogen-bond acceptors (Lipinski definition) is 4. The summed E-state index contributed by atoms with van der Waals surface area (Å²) in [6.07, 6.45) is 1.26. The fourth-order valence-electron chi connectivity index (χ4n) is 2.79. The van der Waals surface area contributed by atoms with Crippen LogP contribution in [-0.4, -0.2) is 49.1 Å². The van der Waals surface area contributed by atoms with Gasteiger partial charge in [0.15, 0.2) is 9.84 Å². The standard InChI is InChI=1S/C17H23NO5S/c1-3-24(22,23)14-7-4-13(5-8-14)6-9-15(19)18-11-10-17(2,12-18)16(20)21/h4-5,7-8H,3,6,9-12H2,1-2H3,(H,20,21). The minimum Gasteiger partial charge on any atom is -0.481 e. The topological polar surface area (TPSA) is 91.8 Å². The van der Waals surface area contributed by atoms with Crippen LogP contribution in [0.2, 0.25) is 0 Å². The molecule has 1 saturated heterocycles. The van der Waals surface area contributed by atoms with E-state index in [0.29, 0.717) is 19.4 Å². The van der Waals surface area contributed by atoms with Gasteiger partial charge in [-0.05, 0) is 37.5 Å². The molecule has 6 nitrogen and oxygen atoms in total. The maximum atomic E-state index is 12.2. The fourth-order valence-corrected chi connectivity index (χ4v) is 3.67. The lowest BCUT2D eigenvalue weighted by Crippen LogP contribution is -2.34. The quantitative estimate of drug-likeness (QED) is 0.841. The zero-order valence-electron chi connectivity index (χ0n) is 14.0. The molecule has 24 heavy (non-hydrogen) atoms. The van der Waals surface area contributed by atoms with Crippen molar-refractivity contribution < 1.29 is 23.1 Å². The first-order chi connectivity index (χ1) is 11.2. The average molecular weight is 353 g/mol. The lowest BCUT2D eigenvalue weighted by molar-refractivity contribution is -0.147. The number of carbonyl (C=O) groups is 2. The van der Waals surface area contributed by atoms with Gasteiger partial charge in [-0.2, -0.15) is 0 Å².